The van der Waals surface area contributed by atoms with Gasteiger partial charge in [-0.2, -0.15) is 5.10 Å². The van der Waals surface area contributed by atoms with Gasteiger partial charge < -0.3 is 14.2 Å². The zero-order chi connectivity index (χ0) is 19.6. The summed E-state index contributed by atoms with van der Waals surface area (Å²) in [5.74, 6) is 1.00. The Morgan fingerprint density at radius 1 is 1.04 bits per heavy atom. The first-order chi connectivity index (χ1) is 13.1. The van der Waals surface area contributed by atoms with E-state index in [1.54, 1.807) is 30.3 Å². The van der Waals surface area contributed by atoms with E-state index in [2.05, 4.69) is 10.5 Å². The second-order valence-corrected chi connectivity index (χ2v) is 5.79. The van der Waals surface area contributed by atoms with E-state index >= 15 is 0 Å². The molecule has 144 valence electrons. The van der Waals surface area contributed by atoms with Crippen molar-refractivity contribution in [2.75, 3.05) is 19.8 Å². The van der Waals surface area contributed by atoms with Crippen LogP contribution in [0.3, 0.4) is 0 Å². The molecular formula is C20H23ClN2O4. The lowest BCUT2D eigenvalue weighted by Gasteiger charge is -2.16. The Hall–Kier alpha value is -2.73. The zero-order valence-electron chi connectivity index (χ0n) is 15.6. The number of benzene rings is 2. The topological polar surface area (TPSA) is 69.2 Å². The second-order valence-electron chi connectivity index (χ2n) is 5.35. The molecule has 2 aromatic rings. The first kappa shape index (κ1) is 20.6. The first-order valence-electron chi connectivity index (χ1n) is 8.74. The molecule has 0 aromatic heterocycles. The SMILES string of the molecule is CCOc1cc(C(=O)N/N=C/c2cccc(Cl)c2)cc(OCC)c1OCC. The molecule has 0 spiro atoms. The number of halogens is 1. The van der Waals surface area contributed by atoms with Crippen molar-refractivity contribution in [2.45, 2.75) is 20.8 Å². The third kappa shape index (κ3) is 5.89. The van der Waals surface area contributed by atoms with Crippen LogP contribution >= 0.6 is 11.6 Å². The molecule has 0 aliphatic carbocycles. The lowest BCUT2D eigenvalue weighted by atomic mass is 10.1. The number of nitrogens with zero attached hydrogens (tertiary/aromatic N) is 1. The average Bonchev–Trinajstić information content (AvgIpc) is 2.64. The van der Waals surface area contributed by atoms with Crippen molar-refractivity contribution >= 4 is 23.7 Å². The number of hydrazone groups is 1. The van der Waals surface area contributed by atoms with Crippen LogP contribution in [-0.2, 0) is 0 Å². The van der Waals surface area contributed by atoms with E-state index in [9.17, 15) is 4.79 Å². The number of amides is 1. The molecule has 2 rings (SSSR count). The van der Waals surface area contributed by atoms with Crippen LogP contribution in [0.2, 0.25) is 5.02 Å². The Labute approximate surface area is 164 Å². The van der Waals surface area contributed by atoms with Crippen molar-refractivity contribution in [2.24, 2.45) is 5.10 Å². The minimum absolute atomic E-state index is 0.355. The summed E-state index contributed by atoms with van der Waals surface area (Å²) in [6.45, 7) is 6.91. The summed E-state index contributed by atoms with van der Waals surface area (Å²) in [4.78, 5) is 12.5. The maximum Gasteiger partial charge on any atom is 0.271 e. The minimum atomic E-state index is -0.391. The van der Waals surface area contributed by atoms with Gasteiger partial charge >= 0.3 is 0 Å². The predicted molar refractivity (Wildman–Crippen MR) is 106 cm³/mol. The summed E-state index contributed by atoms with van der Waals surface area (Å²) in [6, 6.07) is 10.4. The number of carbonyl (C=O) groups is 1. The van der Waals surface area contributed by atoms with Crippen molar-refractivity contribution in [3.63, 3.8) is 0 Å². The van der Waals surface area contributed by atoms with Gasteiger partial charge in [0.2, 0.25) is 5.75 Å². The summed E-state index contributed by atoms with van der Waals surface area (Å²) < 4.78 is 16.9. The van der Waals surface area contributed by atoms with Gasteiger partial charge in [-0.3, -0.25) is 4.79 Å². The Morgan fingerprint density at radius 2 is 1.67 bits per heavy atom. The van der Waals surface area contributed by atoms with Crippen molar-refractivity contribution in [1.29, 1.82) is 0 Å². The van der Waals surface area contributed by atoms with Gasteiger partial charge in [0.25, 0.3) is 5.91 Å². The van der Waals surface area contributed by atoms with Crippen molar-refractivity contribution in [3.05, 3.63) is 52.5 Å². The molecule has 0 heterocycles. The molecule has 0 saturated heterocycles. The molecule has 1 N–H and O–H groups in total. The molecule has 0 aliphatic rings. The van der Waals surface area contributed by atoms with Crippen LogP contribution in [0.4, 0.5) is 0 Å². The Balaban J connectivity index is 2.23. The van der Waals surface area contributed by atoms with E-state index in [1.165, 1.54) is 6.21 Å². The lowest BCUT2D eigenvalue weighted by Crippen LogP contribution is -2.18. The number of carbonyl (C=O) groups excluding carboxylic acids is 1. The highest BCUT2D eigenvalue weighted by molar-refractivity contribution is 6.30. The van der Waals surface area contributed by atoms with E-state index < -0.39 is 5.91 Å². The van der Waals surface area contributed by atoms with Crippen LogP contribution in [0.15, 0.2) is 41.5 Å². The van der Waals surface area contributed by atoms with Crippen LogP contribution < -0.4 is 19.6 Å². The largest absolute Gasteiger partial charge is 0.490 e. The van der Waals surface area contributed by atoms with E-state index in [1.807, 2.05) is 26.8 Å². The van der Waals surface area contributed by atoms with Gasteiger partial charge in [-0.15, -0.1) is 0 Å². The molecule has 6 nitrogen and oxygen atoms in total. The van der Waals surface area contributed by atoms with Crippen molar-refractivity contribution in [3.8, 4) is 17.2 Å². The van der Waals surface area contributed by atoms with Gasteiger partial charge in [-0.05, 0) is 50.6 Å². The van der Waals surface area contributed by atoms with Crippen LogP contribution in [0.1, 0.15) is 36.7 Å². The maximum absolute atomic E-state index is 12.5. The Morgan fingerprint density at radius 3 is 2.22 bits per heavy atom. The normalized spacial score (nSPS) is 10.7. The van der Waals surface area contributed by atoms with Crippen molar-refractivity contribution in [1.82, 2.24) is 5.43 Å². The minimum Gasteiger partial charge on any atom is -0.490 e. The molecule has 2 aromatic carbocycles. The molecule has 0 atom stereocenters. The van der Waals surface area contributed by atoms with E-state index in [-0.39, 0.29) is 0 Å². The fourth-order valence-electron chi connectivity index (χ4n) is 2.34. The van der Waals surface area contributed by atoms with E-state index in [0.29, 0.717) is 47.7 Å². The highest BCUT2D eigenvalue weighted by Gasteiger charge is 2.18. The van der Waals surface area contributed by atoms with Gasteiger partial charge in [-0.1, -0.05) is 23.7 Å². The highest BCUT2D eigenvalue weighted by Crippen LogP contribution is 2.39. The zero-order valence-corrected chi connectivity index (χ0v) is 16.4. The molecule has 0 fully saturated rings. The molecule has 7 heteroatoms. The smallest absolute Gasteiger partial charge is 0.271 e. The fraction of sp³-hybridized carbons (Fsp3) is 0.300. The summed E-state index contributed by atoms with van der Waals surface area (Å²) >= 11 is 5.93. The summed E-state index contributed by atoms with van der Waals surface area (Å²) in [5.41, 5.74) is 3.63. The van der Waals surface area contributed by atoms with E-state index in [4.69, 9.17) is 25.8 Å². The third-order valence-corrected chi connectivity index (χ3v) is 3.63. The van der Waals surface area contributed by atoms with Gasteiger partial charge in [0.05, 0.1) is 26.0 Å². The van der Waals surface area contributed by atoms with Gasteiger partial charge in [0.15, 0.2) is 11.5 Å². The van der Waals surface area contributed by atoms with Crippen molar-refractivity contribution < 1.29 is 19.0 Å². The summed E-state index contributed by atoms with van der Waals surface area (Å²) in [5, 5.41) is 4.57. The highest BCUT2D eigenvalue weighted by atomic mass is 35.5. The average molecular weight is 391 g/mol. The standard InChI is InChI=1S/C20H23ClN2O4/c1-4-25-17-11-15(12-18(26-5-2)19(17)27-6-3)20(24)23-22-13-14-8-7-9-16(21)10-14/h7-13H,4-6H2,1-3H3,(H,23,24)/b22-13+. The Bertz CT molecular complexity index is 781. The second kappa shape index (κ2) is 10.4. The van der Waals surface area contributed by atoms with Crippen LogP contribution in [0, 0.1) is 0 Å². The molecule has 0 radical (unpaired) electrons. The maximum atomic E-state index is 12.5. The van der Waals surface area contributed by atoms with Crippen LogP contribution in [-0.4, -0.2) is 31.9 Å². The van der Waals surface area contributed by atoms with Gasteiger partial charge in [0.1, 0.15) is 0 Å². The number of rotatable bonds is 9. The number of nitrogens with one attached hydrogen (secondary N) is 1. The van der Waals surface area contributed by atoms with Gasteiger partial charge in [-0.25, -0.2) is 5.43 Å². The van der Waals surface area contributed by atoms with Crippen LogP contribution in [0.5, 0.6) is 17.2 Å². The van der Waals surface area contributed by atoms with Gasteiger partial charge in [0, 0.05) is 10.6 Å². The molecule has 0 saturated carbocycles. The number of hydrogen-bond acceptors (Lipinski definition) is 5. The molecule has 0 aliphatic heterocycles. The number of hydrogen-bond donors (Lipinski definition) is 1. The molecule has 0 unspecified atom stereocenters. The summed E-state index contributed by atoms with van der Waals surface area (Å²) in [7, 11) is 0. The predicted octanol–water partition coefficient (Wildman–Crippen LogP) is 4.30. The first-order valence-corrected chi connectivity index (χ1v) is 9.12. The van der Waals surface area contributed by atoms with E-state index in [0.717, 1.165) is 5.56 Å². The van der Waals surface area contributed by atoms with Crippen LogP contribution in [0.25, 0.3) is 0 Å². The lowest BCUT2D eigenvalue weighted by molar-refractivity contribution is 0.0954. The summed E-state index contributed by atoms with van der Waals surface area (Å²) in [6.07, 6.45) is 1.52. The quantitative estimate of drug-likeness (QED) is 0.512. The fourth-order valence-corrected chi connectivity index (χ4v) is 2.54. The molecule has 27 heavy (non-hydrogen) atoms. The monoisotopic (exact) mass is 390 g/mol. The Kier molecular flexibility index (Phi) is 7.95. The molecule has 1 amide bonds. The third-order valence-electron chi connectivity index (χ3n) is 3.40. The molecular weight excluding hydrogens is 368 g/mol. The number of ether oxygens (including phenoxy) is 3. The molecule has 0 bridgehead atoms.